The lowest BCUT2D eigenvalue weighted by atomic mass is 10.2. The molecule has 1 aliphatic carbocycles. The van der Waals surface area contributed by atoms with E-state index in [1.165, 1.54) is 25.7 Å². The highest BCUT2D eigenvalue weighted by atomic mass is 79.9. The van der Waals surface area contributed by atoms with E-state index in [1.54, 1.807) is 0 Å². The first-order valence-electron chi connectivity index (χ1n) is 6.78. The molecule has 0 aromatic carbocycles. The van der Waals surface area contributed by atoms with Crippen LogP contribution in [0.2, 0.25) is 0 Å². The predicted octanol–water partition coefficient (Wildman–Crippen LogP) is 2.81. The van der Waals surface area contributed by atoms with Gasteiger partial charge >= 0.3 is 0 Å². The zero-order chi connectivity index (χ0) is 12.8. The minimum absolute atomic E-state index is 0.816. The summed E-state index contributed by atoms with van der Waals surface area (Å²) in [5, 5.41) is 3.46. The molecule has 0 aliphatic heterocycles. The second kappa shape index (κ2) is 7.22. The summed E-state index contributed by atoms with van der Waals surface area (Å²) >= 11 is 3.39. The van der Waals surface area contributed by atoms with Crippen molar-refractivity contribution in [2.24, 2.45) is 0 Å². The number of likely N-dealkylation sites (N-methyl/N-ethyl adjacent to an activating group) is 1. The van der Waals surface area contributed by atoms with E-state index in [2.05, 4.69) is 44.2 Å². The summed E-state index contributed by atoms with van der Waals surface area (Å²) in [7, 11) is 2.25. The van der Waals surface area contributed by atoms with E-state index in [0.29, 0.717) is 0 Å². The normalized spacial score (nSPS) is 16.6. The van der Waals surface area contributed by atoms with Crippen molar-refractivity contribution >= 4 is 15.9 Å². The topological polar surface area (TPSA) is 28.2 Å². The maximum absolute atomic E-state index is 4.41. The van der Waals surface area contributed by atoms with Crippen molar-refractivity contribution < 1.29 is 0 Å². The molecule has 4 heteroatoms. The SMILES string of the molecule is CN(CCNCc1cccc(Br)n1)C1CCCC1. The Hall–Kier alpha value is -0.450. The van der Waals surface area contributed by atoms with Gasteiger partial charge in [0.1, 0.15) is 4.60 Å². The molecule has 100 valence electrons. The number of nitrogens with zero attached hydrogens (tertiary/aromatic N) is 2. The molecular formula is C14H22BrN3. The van der Waals surface area contributed by atoms with Gasteiger partial charge in [-0.2, -0.15) is 0 Å². The lowest BCUT2D eigenvalue weighted by Gasteiger charge is -2.23. The van der Waals surface area contributed by atoms with Crippen LogP contribution in [-0.2, 0) is 6.54 Å². The van der Waals surface area contributed by atoms with E-state index < -0.39 is 0 Å². The molecule has 0 radical (unpaired) electrons. The first-order valence-corrected chi connectivity index (χ1v) is 7.57. The van der Waals surface area contributed by atoms with Gasteiger partial charge in [-0.05, 0) is 48.0 Å². The molecule has 0 unspecified atom stereocenters. The first kappa shape index (κ1) is 14.0. The van der Waals surface area contributed by atoms with E-state index >= 15 is 0 Å². The Bertz CT molecular complexity index is 364. The first-order chi connectivity index (χ1) is 8.75. The highest BCUT2D eigenvalue weighted by Crippen LogP contribution is 2.21. The Balaban J connectivity index is 1.63. The predicted molar refractivity (Wildman–Crippen MR) is 78.5 cm³/mol. The second-order valence-electron chi connectivity index (χ2n) is 5.05. The van der Waals surface area contributed by atoms with Crippen molar-refractivity contribution in [1.82, 2.24) is 15.2 Å². The molecule has 0 atom stereocenters. The third-order valence-electron chi connectivity index (χ3n) is 3.67. The van der Waals surface area contributed by atoms with Crippen LogP contribution in [0.4, 0.5) is 0 Å². The summed E-state index contributed by atoms with van der Waals surface area (Å²) in [5.74, 6) is 0. The zero-order valence-electron chi connectivity index (χ0n) is 11.0. The van der Waals surface area contributed by atoms with Crippen molar-refractivity contribution in [3.05, 3.63) is 28.5 Å². The van der Waals surface area contributed by atoms with Crippen LogP contribution < -0.4 is 5.32 Å². The molecule has 1 heterocycles. The average Bonchev–Trinajstić information content (AvgIpc) is 2.88. The van der Waals surface area contributed by atoms with E-state index in [-0.39, 0.29) is 0 Å². The molecule has 1 saturated carbocycles. The van der Waals surface area contributed by atoms with Crippen LogP contribution in [0.25, 0.3) is 0 Å². The minimum atomic E-state index is 0.816. The largest absolute Gasteiger partial charge is 0.310 e. The number of aromatic nitrogens is 1. The van der Waals surface area contributed by atoms with Crippen molar-refractivity contribution in [1.29, 1.82) is 0 Å². The fourth-order valence-corrected chi connectivity index (χ4v) is 2.93. The van der Waals surface area contributed by atoms with Crippen LogP contribution in [-0.4, -0.2) is 36.1 Å². The molecule has 0 bridgehead atoms. The summed E-state index contributed by atoms with van der Waals surface area (Å²) in [4.78, 5) is 6.90. The van der Waals surface area contributed by atoms with Gasteiger partial charge in [0.15, 0.2) is 0 Å². The van der Waals surface area contributed by atoms with Gasteiger partial charge in [-0.1, -0.05) is 18.9 Å². The second-order valence-corrected chi connectivity index (χ2v) is 5.86. The fraction of sp³-hybridized carbons (Fsp3) is 0.643. The van der Waals surface area contributed by atoms with Gasteiger partial charge in [-0.3, -0.25) is 0 Å². The van der Waals surface area contributed by atoms with Crippen LogP contribution in [0.15, 0.2) is 22.8 Å². The standard InChI is InChI=1S/C14H22BrN3/c1-18(13-6-2-3-7-13)10-9-16-11-12-5-4-8-14(15)17-12/h4-5,8,13,16H,2-3,6-7,9-11H2,1H3. The van der Waals surface area contributed by atoms with Gasteiger partial charge in [-0.15, -0.1) is 0 Å². The van der Waals surface area contributed by atoms with E-state index in [1.807, 2.05) is 12.1 Å². The molecular weight excluding hydrogens is 290 g/mol. The van der Waals surface area contributed by atoms with E-state index in [0.717, 1.165) is 36.0 Å². The monoisotopic (exact) mass is 311 g/mol. The molecule has 0 spiro atoms. The molecule has 1 N–H and O–H groups in total. The number of halogens is 1. The maximum Gasteiger partial charge on any atom is 0.106 e. The fourth-order valence-electron chi connectivity index (χ4n) is 2.55. The number of hydrogen-bond donors (Lipinski definition) is 1. The van der Waals surface area contributed by atoms with Gasteiger partial charge in [0.2, 0.25) is 0 Å². The molecule has 1 aromatic rings. The van der Waals surface area contributed by atoms with Crippen molar-refractivity contribution in [2.45, 2.75) is 38.3 Å². The van der Waals surface area contributed by atoms with Gasteiger partial charge in [0.05, 0.1) is 5.69 Å². The van der Waals surface area contributed by atoms with E-state index in [9.17, 15) is 0 Å². The van der Waals surface area contributed by atoms with Crippen LogP contribution >= 0.6 is 15.9 Å². The molecule has 1 aliphatic rings. The van der Waals surface area contributed by atoms with Crippen molar-refractivity contribution in [3.63, 3.8) is 0 Å². The van der Waals surface area contributed by atoms with Crippen molar-refractivity contribution in [2.75, 3.05) is 20.1 Å². The van der Waals surface area contributed by atoms with Crippen LogP contribution in [0.1, 0.15) is 31.4 Å². The summed E-state index contributed by atoms with van der Waals surface area (Å²) in [6, 6.07) is 6.85. The maximum atomic E-state index is 4.41. The average molecular weight is 312 g/mol. The van der Waals surface area contributed by atoms with Crippen LogP contribution in [0.3, 0.4) is 0 Å². The van der Waals surface area contributed by atoms with Crippen LogP contribution in [0, 0.1) is 0 Å². The van der Waals surface area contributed by atoms with Gasteiger partial charge in [-0.25, -0.2) is 4.98 Å². The molecule has 0 amide bonds. The number of hydrogen-bond acceptors (Lipinski definition) is 3. The smallest absolute Gasteiger partial charge is 0.106 e. The van der Waals surface area contributed by atoms with E-state index in [4.69, 9.17) is 0 Å². The number of rotatable bonds is 6. The highest BCUT2D eigenvalue weighted by Gasteiger charge is 2.18. The number of nitrogens with one attached hydrogen (secondary N) is 1. The lowest BCUT2D eigenvalue weighted by Crippen LogP contribution is -2.35. The van der Waals surface area contributed by atoms with Gasteiger partial charge in [0, 0.05) is 25.7 Å². The Kier molecular flexibility index (Phi) is 5.60. The quantitative estimate of drug-likeness (QED) is 0.647. The summed E-state index contributed by atoms with van der Waals surface area (Å²) in [6.45, 7) is 3.00. The Labute approximate surface area is 118 Å². The zero-order valence-corrected chi connectivity index (χ0v) is 12.6. The molecule has 3 nitrogen and oxygen atoms in total. The summed E-state index contributed by atoms with van der Waals surface area (Å²) < 4.78 is 0.907. The number of pyridine rings is 1. The summed E-state index contributed by atoms with van der Waals surface area (Å²) in [6.07, 6.45) is 5.57. The molecule has 1 aromatic heterocycles. The van der Waals surface area contributed by atoms with Crippen LogP contribution in [0.5, 0.6) is 0 Å². The highest BCUT2D eigenvalue weighted by molar-refractivity contribution is 9.10. The Morgan fingerprint density at radius 2 is 2.17 bits per heavy atom. The Morgan fingerprint density at radius 1 is 1.39 bits per heavy atom. The lowest BCUT2D eigenvalue weighted by molar-refractivity contribution is 0.245. The molecule has 0 saturated heterocycles. The minimum Gasteiger partial charge on any atom is -0.310 e. The molecule has 1 fully saturated rings. The van der Waals surface area contributed by atoms with Crippen molar-refractivity contribution in [3.8, 4) is 0 Å². The third-order valence-corrected chi connectivity index (χ3v) is 4.11. The summed E-state index contributed by atoms with van der Waals surface area (Å²) in [5.41, 5.74) is 1.09. The van der Waals surface area contributed by atoms with Gasteiger partial charge < -0.3 is 10.2 Å². The van der Waals surface area contributed by atoms with Gasteiger partial charge in [0.25, 0.3) is 0 Å². The molecule has 2 rings (SSSR count). The third kappa shape index (κ3) is 4.34. The molecule has 18 heavy (non-hydrogen) atoms. The Morgan fingerprint density at radius 3 is 2.89 bits per heavy atom.